The van der Waals surface area contributed by atoms with Gasteiger partial charge in [0.15, 0.2) is 0 Å². The number of hydrogen-bond donors (Lipinski definition) is 1. The molecule has 0 amide bonds. The van der Waals surface area contributed by atoms with Crippen molar-refractivity contribution in [3.8, 4) is 11.4 Å². The van der Waals surface area contributed by atoms with Crippen molar-refractivity contribution < 1.29 is 13.2 Å². The Labute approximate surface area is 170 Å². The van der Waals surface area contributed by atoms with Gasteiger partial charge in [-0.1, -0.05) is 50.6 Å². The molecule has 0 spiro atoms. The summed E-state index contributed by atoms with van der Waals surface area (Å²) in [4.78, 5) is 0.103. The van der Waals surface area contributed by atoms with Crippen molar-refractivity contribution in [1.29, 1.82) is 0 Å². The monoisotopic (exact) mass is 419 g/mol. The topological polar surface area (TPSA) is 73.2 Å². The van der Waals surface area contributed by atoms with Crippen molar-refractivity contribution >= 4 is 27.3 Å². The Balaban J connectivity index is 2.11. The first-order chi connectivity index (χ1) is 13.1. The van der Waals surface area contributed by atoms with E-state index >= 15 is 0 Å². The molecule has 0 radical (unpaired) electrons. The van der Waals surface area contributed by atoms with Crippen LogP contribution in [-0.4, -0.2) is 25.3 Å². The molecule has 0 unspecified atom stereocenters. The van der Waals surface area contributed by atoms with Gasteiger partial charge in [0.05, 0.1) is 30.4 Å². The Kier molecular flexibility index (Phi) is 5.41. The lowest BCUT2D eigenvalue weighted by molar-refractivity contribution is 0.417. The highest BCUT2D eigenvalue weighted by molar-refractivity contribution is 7.92. The molecule has 0 fully saturated rings. The zero-order chi connectivity index (χ0) is 20.5. The lowest BCUT2D eigenvalue weighted by atomic mass is 9.92. The Morgan fingerprint density at radius 1 is 1.11 bits per heavy atom. The Bertz CT molecular complexity index is 1090. The van der Waals surface area contributed by atoms with E-state index < -0.39 is 15.4 Å². The SMILES string of the molecule is COc1ccc(Cl)cc1NS(=O)(=O)c1cn(-c2ccccc2)nc1C(C)(C)C. The van der Waals surface area contributed by atoms with Gasteiger partial charge in [0, 0.05) is 10.4 Å². The summed E-state index contributed by atoms with van der Waals surface area (Å²) < 4.78 is 35.9. The molecule has 0 aliphatic carbocycles. The molecular formula is C20H22ClN3O3S. The molecule has 0 saturated carbocycles. The van der Waals surface area contributed by atoms with Gasteiger partial charge in [-0.25, -0.2) is 13.1 Å². The summed E-state index contributed by atoms with van der Waals surface area (Å²) in [5.74, 6) is 0.376. The first-order valence-electron chi connectivity index (χ1n) is 8.64. The minimum absolute atomic E-state index is 0.103. The largest absolute Gasteiger partial charge is 0.495 e. The smallest absolute Gasteiger partial charge is 0.265 e. The molecule has 0 saturated heterocycles. The number of anilines is 1. The van der Waals surface area contributed by atoms with E-state index in [0.29, 0.717) is 16.5 Å². The third-order valence-corrected chi connectivity index (χ3v) is 5.71. The standard InChI is InChI=1S/C20H22ClN3O3S/c1-20(2,3)19-18(13-24(22-19)15-8-6-5-7-9-15)28(25,26)23-16-12-14(21)10-11-17(16)27-4/h5-13,23H,1-4H3. The van der Waals surface area contributed by atoms with Gasteiger partial charge >= 0.3 is 0 Å². The van der Waals surface area contributed by atoms with Crippen LogP contribution < -0.4 is 9.46 Å². The summed E-state index contributed by atoms with van der Waals surface area (Å²) in [7, 11) is -2.47. The zero-order valence-electron chi connectivity index (χ0n) is 16.1. The molecule has 3 aromatic rings. The molecular weight excluding hydrogens is 398 g/mol. The van der Waals surface area contributed by atoms with E-state index in [1.807, 2.05) is 51.1 Å². The summed E-state index contributed by atoms with van der Waals surface area (Å²) in [5.41, 5.74) is 1.02. The van der Waals surface area contributed by atoms with E-state index in [9.17, 15) is 8.42 Å². The van der Waals surface area contributed by atoms with E-state index in [0.717, 1.165) is 5.69 Å². The molecule has 1 heterocycles. The summed E-state index contributed by atoms with van der Waals surface area (Å²) in [5, 5.41) is 4.96. The fraction of sp³-hybridized carbons (Fsp3) is 0.250. The maximum Gasteiger partial charge on any atom is 0.265 e. The molecule has 6 nitrogen and oxygen atoms in total. The molecule has 0 aliphatic rings. The highest BCUT2D eigenvalue weighted by Crippen LogP contribution is 2.33. The normalized spacial score (nSPS) is 12.0. The third-order valence-electron chi connectivity index (χ3n) is 4.11. The maximum absolute atomic E-state index is 13.2. The molecule has 148 valence electrons. The number of nitrogens with zero attached hydrogens (tertiary/aromatic N) is 2. The summed E-state index contributed by atoms with van der Waals surface area (Å²) in [6.07, 6.45) is 1.52. The first kappa shape index (κ1) is 20.2. The number of para-hydroxylation sites is 1. The lowest BCUT2D eigenvalue weighted by Gasteiger charge is -2.18. The van der Waals surface area contributed by atoms with Gasteiger partial charge < -0.3 is 4.74 Å². The van der Waals surface area contributed by atoms with E-state index in [-0.39, 0.29) is 10.6 Å². The summed E-state index contributed by atoms with van der Waals surface area (Å²) in [6, 6.07) is 14.1. The van der Waals surface area contributed by atoms with Crippen molar-refractivity contribution in [2.75, 3.05) is 11.8 Å². The van der Waals surface area contributed by atoms with Gasteiger partial charge in [-0.3, -0.25) is 4.72 Å². The van der Waals surface area contributed by atoms with Crippen molar-refractivity contribution in [1.82, 2.24) is 9.78 Å². The van der Waals surface area contributed by atoms with Crippen LogP contribution >= 0.6 is 11.6 Å². The second kappa shape index (κ2) is 7.48. The molecule has 8 heteroatoms. The van der Waals surface area contributed by atoms with Gasteiger partial charge in [-0.05, 0) is 30.3 Å². The Hall–Kier alpha value is -2.51. The van der Waals surface area contributed by atoms with Crippen LogP contribution in [0.3, 0.4) is 0 Å². The number of methoxy groups -OCH3 is 1. The van der Waals surface area contributed by atoms with E-state index in [2.05, 4.69) is 9.82 Å². The number of nitrogens with one attached hydrogen (secondary N) is 1. The number of aromatic nitrogens is 2. The predicted octanol–water partition coefficient (Wildman–Crippen LogP) is 4.63. The van der Waals surface area contributed by atoms with Crippen molar-refractivity contribution in [2.45, 2.75) is 31.1 Å². The molecule has 28 heavy (non-hydrogen) atoms. The molecule has 2 aromatic carbocycles. The van der Waals surface area contributed by atoms with Crippen LogP contribution in [0.5, 0.6) is 5.75 Å². The van der Waals surface area contributed by atoms with Gasteiger partial charge in [-0.2, -0.15) is 5.10 Å². The van der Waals surface area contributed by atoms with Crippen molar-refractivity contribution in [3.63, 3.8) is 0 Å². The van der Waals surface area contributed by atoms with Gasteiger partial charge in [0.25, 0.3) is 10.0 Å². The molecule has 0 aliphatic heterocycles. The van der Waals surface area contributed by atoms with E-state index in [1.165, 1.54) is 19.4 Å². The minimum Gasteiger partial charge on any atom is -0.495 e. The maximum atomic E-state index is 13.2. The van der Waals surface area contributed by atoms with Gasteiger partial charge in [-0.15, -0.1) is 0 Å². The van der Waals surface area contributed by atoms with Gasteiger partial charge in [0.1, 0.15) is 10.6 Å². The van der Waals surface area contributed by atoms with Crippen LogP contribution in [0.25, 0.3) is 5.69 Å². The number of sulfonamides is 1. The van der Waals surface area contributed by atoms with Gasteiger partial charge in [0.2, 0.25) is 0 Å². The summed E-state index contributed by atoms with van der Waals surface area (Å²) >= 11 is 6.03. The Morgan fingerprint density at radius 3 is 2.39 bits per heavy atom. The van der Waals surface area contributed by atoms with Crippen molar-refractivity contribution in [3.05, 3.63) is 65.4 Å². The predicted molar refractivity (Wildman–Crippen MR) is 111 cm³/mol. The van der Waals surface area contributed by atoms with Crippen LogP contribution in [-0.2, 0) is 15.4 Å². The van der Waals surface area contributed by atoms with Crippen LogP contribution in [0.2, 0.25) is 5.02 Å². The van der Waals surface area contributed by atoms with Crippen molar-refractivity contribution in [2.24, 2.45) is 0 Å². The number of benzene rings is 2. The molecule has 0 atom stereocenters. The summed E-state index contributed by atoms with van der Waals surface area (Å²) in [6.45, 7) is 5.76. The minimum atomic E-state index is -3.94. The second-order valence-electron chi connectivity index (χ2n) is 7.32. The number of rotatable bonds is 5. The lowest BCUT2D eigenvalue weighted by Crippen LogP contribution is -2.20. The van der Waals surface area contributed by atoms with Crippen LogP contribution in [0.1, 0.15) is 26.5 Å². The fourth-order valence-electron chi connectivity index (χ4n) is 2.75. The molecule has 0 bridgehead atoms. The van der Waals surface area contributed by atoms with Crippen LogP contribution in [0.15, 0.2) is 59.6 Å². The second-order valence-corrected chi connectivity index (χ2v) is 9.41. The first-order valence-corrected chi connectivity index (χ1v) is 10.5. The average molecular weight is 420 g/mol. The zero-order valence-corrected chi connectivity index (χ0v) is 17.7. The average Bonchev–Trinajstić information content (AvgIpc) is 3.09. The number of halogens is 1. The Morgan fingerprint density at radius 2 is 1.79 bits per heavy atom. The molecule has 1 N–H and O–H groups in total. The molecule has 3 rings (SSSR count). The van der Waals surface area contributed by atoms with E-state index in [4.69, 9.17) is 16.3 Å². The fourth-order valence-corrected chi connectivity index (χ4v) is 4.32. The van der Waals surface area contributed by atoms with Crippen LogP contribution in [0.4, 0.5) is 5.69 Å². The highest BCUT2D eigenvalue weighted by Gasteiger charge is 2.31. The number of hydrogen-bond acceptors (Lipinski definition) is 4. The highest BCUT2D eigenvalue weighted by atomic mass is 35.5. The number of ether oxygens (including phenoxy) is 1. The third kappa shape index (κ3) is 4.15. The quantitative estimate of drug-likeness (QED) is 0.654. The van der Waals surface area contributed by atoms with Crippen LogP contribution in [0, 0.1) is 0 Å². The van der Waals surface area contributed by atoms with E-state index in [1.54, 1.807) is 16.8 Å². The molecule has 1 aromatic heterocycles.